The van der Waals surface area contributed by atoms with Gasteiger partial charge in [0, 0.05) is 0 Å². The van der Waals surface area contributed by atoms with Crippen LogP contribution in [0, 0.1) is 5.82 Å². The van der Waals surface area contributed by atoms with Crippen LogP contribution in [0.25, 0.3) is 0 Å². The first kappa shape index (κ1) is 11.4. The van der Waals surface area contributed by atoms with Crippen molar-refractivity contribution < 1.29 is 10.8 Å². The molecule has 0 aromatic heterocycles. The van der Waals surface area contributed by atoms with Gasteiger partial charge in [-0.3, -0.25) is 0 Å². The molecule has 0 saturated carbocycles. The summed E-state index contributed by atoms with van der Waals surface area (Å²) in [5.41, 5.74) is 0. The van der Waals surface area contributed by atoms with E-state index in [4.69, 9.17) is 0 Å². The fourth-order valence-electron chi connectivity index (χ4n) is 1.42. The summed E-state index contributed by atoms with van der Waals surface area (Å²) in [6.07, 6.45) is 0. The molecule has 0 spiro atoms. The second-order valence-electron chi connectivity index (χ2n) is 3.39. The predicted molar refractivity (Wildman–Crippen MR) is 60.8 cm³/mol. The molecule has 1 unspecified atom stereocenters. The molecule has 2 aromatic rings. The third-order valence-corrected chi connectivity index (χ3v) is 7.98. The zero-order valence-electron chi connectivity index (χ0n) is 8.38. The third kappa shape index (κ3) is 2.21. The summed E-state index contributed by atoms with van der Waals surface area (Å²) in [6, 6.07) is 13.6. The van der Waals surface area contributed by atoms with Crippen molar-refractivity contribution in [3.05, 3.63) is 60.4 Å². The molecule has 0 heterocycles. The van der Waals surface area contributed by atoms with Gasteiger partial charge in [0.2, 0.25) is 0 Å². The molecule has 0 bridgehead atoms. The van der Waals surface area contributed by atoms with Gasteiger partial charge in [0.15, 0.2) is 0 Å². The first-order valence-corrected chi connectivity index (χ1v) is 9.49. The number of hydrogen-bond acceptors (Lipinski definition) is 1. The van der Waals surface area contributed by atoms with E-state index in [1.807, 2.05) is 0 Å². The predicted octanol–water partition coefficient (Wildman–Crippen LogP) is 0.805. The van der Waals surface area contributed by atoms with Gasteiger partial charge in [-0.1, -0.05) is 0 Å². The molecule has 4 heteroatoms. The molecule has 2 nitrogen and oxygen atoms in total. The van der Waals surface area contributed by atoms with Crippen molar-refractivity contribution in [3.8, 4) is 0 Å². The number of halogens is 1. The van der Waals surface area contributed by atoms with Gasteiger partial charge in [-0.05, 0) is 0 Å². The summed E-state index contributed by atoms with van der Waals surface area (Å²) in [4.78, 5) is 0. The van der Waals surface area contributed by atoms with Crippen molar-refractivity contribution in [3.63, 3.8) is 0 Å². The van der Waals surface area contributed by atoms with E-state index in [9.17, 15) is 10.8 Å². The molecule has 0 aliphatic rings. The molecule has 2 rings (SSSR count). The Morgan fingerprint density at radius 2 is 1.38 bits per heavy atom. The van der Waals surface area contributed by atoms with E-state index >= 15 is 0 Å². The van der Waals surface area contributed by atoms with Crippen molar-refractivity contribution in [2.75, 3.05) is 0 Å². The molecule has 82 valence electrons. The number of hydrogen-bond donors (Lipinski definition) is 1. The van der Waals surface area contributed by atoms with Crippen LogP contribution in [0.4, 0.5) is 4.39 Å². The van der Waals surface area contributed by atoms with Crippen LogP contribution in [0.15, 0.2) is 54.6 Å². The Kier molecular flexibility index (Phi) is 3.17. The monoisotopic (exact) mass is 326 g/mol. The molecule has 0 radical (unpaired) electrons. The Morgan fingerprint density at radius 1 is 0.875 bits per heavy atom. The van der Waals surface area contributed by atoms with Crippen LogP contribution < -0.4 is 7.02 Å². The standard InChI is InChI=1S/C6H4F.C6H5.H2O.O.Sb/c7-6-4-2-1-3-5-6;1-2-4-6-5-3-1;;;/h2-5H;1-5H;1H2;;/q;;;;+1/p-1. The van der Waals surface area contributed by atoms with E-state index in [1.165, 1.54) is 24.3 Å². The van der Waals surface area contributed by atoms with Gasteiger partial charge in [0.25, 0.3) is 0 Å². The van der Waals surface area contributed by atoms with Gasteiger partial charge in [0.1, 0.15) is 0 Å². The first-order valence-electron chi connectivity index (χ1n) is 4.75. The van der Waals surface area contributed by atoms with Crippen LogP contribution >= 0.6 is 0 Å². The fraction of sp³-hybridized carbons (Fsp3) is 0. The molecule has 0 fully saturated rings. The van der Waals surface area contributed by atoms with Crippen molar-refractivity contribution in [2.24, 2.45) is 0 Å². The maximum absolute atomic E-state index is 12.7. The van der Waals surface area contributed by atoms with Gasteiger partial charge in [-0.25, -0.2) is 0 Å². The molecule has 0 amide bonds. The Morgan fingerprint density at radius 3 is 1.94 bits per heavy atom. The number of rotatable bonds is 2. The van der Waals surface area contributed by atoms with Crippen molar-refractivity contribution in [1.82, 2.24) is 0 Å². The Labute approximate surface area is 97.3 Å². The Bertz CT molecular complexity index is 522. The normalized spacial score (nSPS) is 14.4. The van der Waals surface area contributed by atoms with Crippen LogP contribution in [-0.2, 0) is 3.02 Å². The zero-order chi connectivity index (χ0) is 11.6. The van der Waals surface area contributed by atoms with Gasteiger partial charge in [-0.2, -0.15) is 0 Å². The SMILES string of the molecule is [O]=[Sb]([OH])([c]1ccccc1)[c]1ccc(F)cc1. The quantitative estimate of drug-likeness (QED) is 0.829. The maximum atomic E-state index is 12.7. The van der Waals surface area contributed by atoms with Crippen LogP contribution in [0.5, 0.6) is 0 Å². The van der Waals surface area contributed by atoms with Gasteiger partial charge >= 0.3 is 97.4 Å². The summed E-state index contributed by atoms with van der Waals surface area (Å²) in [6.45, 7) is 0. The van der Waals surface area contributed by atoms with Gasteiger partial charge < -0.3 is 0 Å². The molecule has 2 aromatic carbocycles. The van der Waals surface area contributed by atoms with E-state index in [0.29, 0.717) is 7.02 Å². The minimum absolute atomic E-state index is 0.325. The van der Waals surface area contributed by atoms with Gasteiger partial charge in [-0.15, -0.1) is 0 Å². The molecule has 0 aliphatic heterocycles. The van der Waals surface area contributed by atoms with E-state index in [-0.39, 0.29) is 0 Å². The second-order valence-corrected chi connectivity index (χ2v) is 9.62. The summed E-state index contributed by atoms with van der Waals surface area (Å²) < 4.78 is 35.8. The Balaban J connectivity index is 2.47. The van der Waals surface area contributed by atoms with Crippen LogP contribution in [-0.4, -0.2) is 22.6 Å². The van der Waals surface area contributed by atoms with E-state index in [1.54, 1.807) is 30.3 Å². The van der Waals surface area contributed by atoms with Crippen LogP contribution in [0.3, 0.4) is 0 Å². The molecule has 16 heavy (non-hydrogen) atoms. The van der Waals surface area contributed by atoms with E-state index in [0.717, 1.165) is 0 Å². The van der Waals surface area contributed by atoms with Crippen molar-refractivity contribution in [2.45, 2.75) is 0 Å². The summed E-state index contributed by atoms with van der Waals surface area (Å²) in [5, 5.41) is 0. The van der Waals surface area contributed by atoms with E-state index in [2.05, 4.69) is 0 Å². The van der Waals surface area contributed by atoms with Crippen molar-refractivity contribution in [1.29, 1.82) is 0 Å². The first-order chi connectivity index (χ1) is 7.60. The molecular formula is C12H10FO2Sb. The molecular weight excluding hydrogens is 317 g/mol. The number of benzene rings is 2. The average Bonchev–Trinajstić information content (AvgIpc) is 2.31. The molecule has 1 N–H and O–H groups in total. The van der Waals surface area contributed by atoms with Crippen LogP contribution in [0.2, 0.25) is 0 Å². The summed E-state index contributed by atoms with van der Waals surface area (Å²) >= 11 is -4.58. The van der Waals surface area contributed by atoms with E-state index < -0.39 is 25.0 Å². The Hall–Kier alpha value is -1.05. The average molecular weight is 327 g/mol. The zero-order valence-corrected chi connectivity index (χ0v) is 10.9. The molecule has 0 aliphatic carbocycles. The summed E-state index contributed by atoms with van der Waals surface area (Å²) in [7, 11) is 0. The second kappa shape index (κ2) is 4.44. The van der Waals surface area contributed by atoms with Crippen LogP contribution in [0.1, 0.15) is 0 Å². The summed E-state index contributed by atoms with van der Waals surface area (Å²) in [5.74, 6) is -0.405. The molecule has 0 saturated heterocycles. The molecule has 1 atom stereocenters. The van der Waals surface area contributed by atoms with Crippen molar-refractivity contribution >= 4 is 26.2 Å². The third-order valence-electron chi connectivity index (χ3n) is 2.28. The fourth-order valence-corrected chi connectivity index (χ4v) is 5.50. The van der Waals surface area contributed by atoms with Gasteiger partial charge in [0.05, 0.1) is 0 Å². The minimum atomic E-state index is -4.58. The topological polar surface area (TPSA) is 37.3 Å².